The summed E-state index contributed by atoms with van der Waals surface area (Å²) in [5, 5.41) is 5.63. The normalized spacial score (nSPS) is 14.9. The Kier molecular flexibility index (Phi) is 7.20. The summed E-state index contributed by atoms with van der Waals surface area (Å²) in [7, 11) is 0. The van der Waals surface area contributed by atoms with Crippen molar-refractivity contribution in [2.45, 2.75) is 48.0 Å². The van der Waals surface area contributed by atoms with Crippen molar-refractivity contribution in [3.8, 4) is 0 Å². The zero-order chi connectivity index (χ0) is 15.2. The van der Waals surface area contributed by atoms with Gasteiger partial charge in [-0.1, -0.05) is 39.8 Å². The van der Waals surface area contributed by atoms with Crippen molar-refractivity contribution in [3.05, 3.63) is 35.8 Å². The smallest absolute Gasteiger partial charge is 0.254 e. The maximum absolute atomic E-state index is 11.4. The van der Waals surface area contributed by atoms with Gasteiger partial charge in [-0.3, -0.25) is 4.79 Å². The third-order valence-electron chi connectivity index (χ3n) is 2.59. The molecule has 1 amide bonds. The van der Waals surface area contributed by atoms with Crippen LogP contribution in [0.1, 0.15) is 48.0 Å². The van der Waals surface area contributed by atoms with E-state index in [-0.39, 0.29) is 11.8 Å². The zero-order valence-corrected chi connectivity index (χ0v) is 13.2. The van der Waals surface area contributed by atoms with Gasteiger partial charge in [-0.25, -0.2) is 0 Å². The third-order valence-corrected chi connectivity index (χ3v) is 2.59. The Labute approximate surface area is 117 Å². The SMILES string of the molecule is C=C(C)CC(C)C.C=C1NC(=O)C(C(C)C)=C(C)N1. The van der Waals surface area contributed by atoms with E-state index in [9.17, 15) is 4.79 Å². The minimum absolute atomic E-state index is 0.0359. The van der Waals surface area contributed by atoms with Crippen LogP contribution in [0.3, 0.4) is 0 Å². The molecule has 3 heteroatoms. The number of hydrogen-bond acceptors (Lipinski definition) is 2. The average Bonchev–Trinajstić information content (AvgIpc) is 2.12. The van der Waals surface area contributed by atoms with E-state index in [0.717, 1.165) is 17.2 Å². The van der Waals surface area contributed by atoms with Gasteiger partial charge in [-0.05, 0) is 32.1 Å². The molecule has 0 bridgehead atoms. The lowest BCUT2D eigenvalue weighted by Gasteiger charge is -2.23. The number of carbonyl (C=O) groups excluding carboxylic acids is 1. The van der Waals surface area contributed by atoms with Gasteiger partial charge in [-0.2, -0.15) is 0 Å². The van der Waals surface area contributed by atoms with Crippen molar-refractivity contribution >= 4 is 5.91 Å². The number of nitrogens with one attached hydrogen (secondary N) is 2. The molecule has 0 aliphatic carbocycles. The Hall–Kier alpha value is -1.51. The van der Waals surface area contributed by atoms with E-state index in [1.54, 1.807) is 0 Å². The van der Waals surface area contributed by atoms with Gasteiger partial charge in [0, 0.05) is 11.3 Å². The molecule has 0 radical (unpaired) electrons. The van der Waals surface area contributed by atoms with Crippen LogP contribution in [0, 0.1) is 11.8 Å². The van der Waals surface area contributed by atoms with Gasteiger partial charge < -0.3 is 10.6 Å². The molecule has 0 fully saturated rings. The van der Waals surface area contributed by atoms with Crippen molar-refractivity contribution in [1.82, 2.24) is 10.6 Å². The molecule has 2 N–H and O–H groups in total. The lowest BCUT2D eigenvalue weighted by Crippen LogP contribution is -2.39. The van der Waals surface area contributed by atoms with E-state index < -0.39 is 0 Å². The zero-order valence-electron chi connectivity index (χ0n) is 13.2. The summed E-state index contributed by atoms with van der Waals surface area (Å²) in [5.41, 5.74) is 3.00. The van der Waals surface area contributed by atoms with Crippen LogP contribution in [0.4, 0.5) is 0 Å². The number of rotatable bonds is 3. The summed E-state index contributed by atoms with van der Waals surface area (Å²) in [6, 6.07) is 0. The van der Waals surface area contributed by atoms with Crippen LogP contribution in [-0.4, -0.2) is 5.91 Å². The highest BCUT2D eigenvalue weighted by molar-refractivity contribution is 5.96. The summed E-state index contributed by atoms with van der Waals surface area (Å²) in [4.78, 5) is 11.4. The number of allylic oxidation sites excluding steroid dienone is 2. The lowest BCUT2D eigenvalue weighted by molar-refractivity contribution is -0.117. The Morgan fingerprint density at radius 3 is 2.00 bits per heavy atom. The van der Waals surface area contributed by atoms with E-state index in [0.29, 0.717) is 5.82 Å². The molecule has 19 heavy (non-hydrogen) atoms. The summed E-state index contributed by atoms with van der Waals surface area (Å²) < 4.78 is 0. The van der Waals surface area contributed by atoms with E-state index in [1.165, 1.54) is 12.0 Å². The molecule has 0 saturated heterocycles. The average molecular weight is 264 g/mol. The minimum atomic E-state index is -0.0359. The molecule has 1 heterocycles. The summed E-state index contributed by atoms with van der Waals surface area (Å²) in [5.74, 6) is 1.54. The second-order valence-electron chi connectivity index (χ2n) is 5.81. The van der Waals surface area contributed by atoms with Crippen LogP contribution >= 0.6 is 0 Å². The predicted molar refractivity (Wildman–Crippen MR) is 82.2 cm³/mol. The van der Waals surface area contributed by atoms with Crippen molar-refractivity contribution in [2.24, 2.45) is 11.8 Å². The predicted octanol–water partition coefficient (Wildman–Crippen LogP) is 3.72. The second-order valence-corrected chi connectivity index (χ2v) is 5.81. The molecule has 0 aromatic carbocycles. The molecule has 1 rings (SSSR count). The molecule has 108 valence electrons. The Balaban J connectivity index is 0.000000399. The van der Waals surface area contributed by atoms with Crippen molar-refractivity contribution in [1.29, 1.82) is 0 Å². The van der Waals surface area contributed by atoms with Crippen LogP contribution in [0.15, 0.2) is 35.8 Å². The minimum Gasteiger partial charge on any atom is -0.346 e. The Morgan fingerprint density at radius 1 is 1.21 bits per heavy atom. The van der Waals surface area contributed by atoms with Gasteiger partial charge in [0.15, 0.2) is 0 Å². The van der Waals surface area contributed by atoms with Crippen LogP contribution < -0.4 is 10.6 Å². The van der Waals surface area contributed by atoms with Crippen LogP contribution in [0.25, 0.3) is 0 Å². The van der Waals surface area contributed by atoms with E-state index in [2.05, 4.69) is 44.6 Å². The molecule has 3 nitrogen and oxygen atoms in total. The number of hydrogen-bond donors (Lipinski definition) is 2. The topological polar surface area (TPSA) is 41.1 Å². The number of amides is 1. The van der Waals surface area contributed by atoms with Crippen LogP contribution in [0.5, 0.6) is 0 Å². The van der Waals surface area contributed by atoms with E-state index in [4.69, 9.17) is 0 Å². The first-order valence-corrected chi connectivity index (χ1v) is 6.77. The molecule has 0 saturated carbocycles. The van der Waals surface area contributed by atoms with Crippen molar-refractivity contribution in [2.75, 3.05) is 0 Å². The van der Waals surface area contributed by atoms with Crippen LogP contribution in [0.2, 0.25) is 0 Å². The maximum atomic E-state index is 11.4. The highest BCUT2D eigenvalue weighted by Crippen LogP contribution is 2.17. The second kappa shape index (κ2) is 7.82. The van der Waals surface area contributed by atoms with Gasteiger partial charge in [0.05, 0.1) is 0 Å². The van der Waals surface area contributed by atoms with Crippen LogP contribution in [-0.2, 0) is 4.79 Å². The standard InChI is InChI=1S/C9H14N2O.C7H14/c1-5(2)8-6(3)10-7(4)11-9(8)12;1-6(2)5-7(3)4/h5,10H,4H2,1-3H3,(H,11,12);7H,1,5H2,2-4H3. The molecule has 0 atom stereocenters. The molecule has 0 aromatic heterocycles. The highest BCUT2D eigenvalue weighted by Gasteiger charge is 2.21. The van der Waals surface area contributed by atoms with Crippen molar-refractivity contribution < 1.29 is 4.79 Å². The molecule has 0 spiro atoms. The van der Waals surface area contributed by atoms with Gasteiger partial charge in [-0.15, -0.1) is 6.58 Å². The first-order valence-electron chi connectivity index (χ1n) is 6.77. The molecule has 0 unspecified atom stereocenters. The fraction of sp³-hybridized carbons (Fsp3) is 0.562. The Bertz CT molecular complexity index is 390. The first-order chi connectivity index (χ1) is 8.65. The molecule has 1 aliphatic heterocycles. The van der Waals surface area contributed by atoms with Gasteiger partial charge >= 0.3 is 0 Å². The quantitative estimate of drug-likeness (QED) is 0.763. The Morgan fingerprint density at radius 2 is 1.74 bits per heavy atom. The molecule has 0 aromatic rings. The van der Waals surface area contributed by atoms with Crippen molar-refractivity contribution in [3.63, 3.8) is 0 Å². The lowest BCUT2D eigenvalue weighted by atomic mass is 9.99. The third kappa shape index (κ3) is 6.85. The summed E-state index contributed by atoms with van der Waals surface area (Å²) >= 11 is 0. The fourth-order valence-corrected chi connectivity index (χ4v) is 2.09. The highest BCUT2D eigenvalue weighted by atomic mass is 16.2. The van der Waals surface area contributed by atoms with Gasteiger partial charge in [0.1, 0.15) is 5.82 Å². The molecular weight excluding hydrogens is 236 g/mol. The molecule has 1 aliphatic rings. The molecular formula is C16H28N2O. The maximum Gasteiger partial charge on any atom is 0.254 e. The van der Waals surface area contributed by atoms with Gasteiger partial charge in [0.25, 0.3) is 5.91 Å². The first kappa shape index (κ1) is 17.5. The summed E-state index contributed by atoms with van der Waals surface area (Å²) in [6.07, 6.45) is 1.17. The fourth-order valence-electron chi connectivity index (χ4n) is 2.09. The number of carbonyl (C=O) groups is 1. The van der Waals surface area contributed by atoms with Gasteiger partial charge in [0.2, 0.25) is 0 Å². The largest absolute Gasteiger partial charge is 0.346 e. The summed E-state index contributed by atoms with van der Waals surface area (Å²) in [6.45, 7) is 19.8. The monoisotopic (exact) mass is 264 g/mol. The van der Waals surface area contributed by atoms with E-state index in [1.807, 2.05) is 20.8 Å². The van der Waals surface area contributed by atoms with E-state index >= 15 is 0 Å².